The summed E-state index contributed by atoms with van der Waals surface area (Å²) >= 11 is 0. The summed E-state index contributed by atoms with van der Waals surface area (Å²) in [6.45, 7) is 5.13. The third-order valence-electron chi connectivity index (χ3n) is 4.29. The van der Waals surface area contributed by atoms with E-state index in [1.165, 1.54) is 16.1 Å². The minimum atomic E-state index is -3.77. The van der Waals surface area contributed by atoms with E-state index in [1.54, 1.807) is 49.4 Å². The molecule has 1 heterocycles. The summed E-state index contributed by atoms with van der Waals surface area (Å²) in [4.78, 5) is 0.220. The molecule has 1 aromatic heterocycles. The van der Waals surface area contributed by atoms with Crippen LogP contribution in [-0.4, -0.2) is 18.9 Å². The fraction of sp³-hybridized carbons (Fsp3) is 0.200. The Balaban J connectivity index is 0.00000261. The van der Waals surface area contributed by atoms with Crippen LogP contribution in [0, 0.1) is 12.7 Å². The highest BCUT2D eigenvalue weighted by Gasteiger charge is 2.24. The first-order valence-electron chi connectivity index (χ1n) is 8.43. The van der Waals surface area contributed by atoms with Crippen LogP contribution in [0.4, 0.5) is 4.39 Å². The average molecular weight is 409 g/mol. The van der Waals surface area contributed by atoms with Crippen molar-refractivity contribution in [3.63, 3.8) is 0 Å². The maximum Gasteiger partial charge on any atom is 0.268 e. The number of hydrogen-bond donors (Lipinski definition) is 1. The minimum absolute atomic E-state index is 0. The third-order valence-corrected chi connectivity index (χ3v) is 6.11. The van der Waals surface area contributed by atoms with Crippen LogP contribution in [0.5, 0.6) is 0 Å². The zero-order chi connectivity index (χ0) is 18.7. The first-order chi connectivity index (χ1) is 12.4. The molecule has 3 aromatic rings. The molecule has 7 heteroatoms. The summed E-state index contributed by atoms with van der Waals surface area (Å²) < 4.78 is 41.2. The van der Waals surface area contributed by atoms with Crippen LogP contribution >= 0.6 is 12.4 Å². The lowest BCUT2D eigenvalue weighted by Gasteiger charge is -2.13. The predicted octanol–water partition coefficient (Wildman–Crippen LogP) is 4.37. The minimum Gasteiger partial charge on any atom is -0.313 e. The van der Waals surface area contributed by atoms with Crippen molar-refractivity contribution >= 4 is 22.4 Å². The van der Waals surface area contributed by atoms with Crippen molar-refractivity contribution in [2.75, 3.05) is 6.54 Å². The monoisotopic (exact) mass is 408 g/mol. The fourth-order valence-corrected chi connectivity index (χ4v) is 4.51. The lowest BCUT2D eigenvalue weighted by Crippen LogP contribution is -2.17. The Morgan fingerprint density at radius 3 is 2.26 bits per heavy atom. The number of halogens is 2. The van der Waals surface area contributed by atoms with Crippen LogP contribution in [0.3, 0.4) is 0 Å². The number of nitrogens with one attached hydrogen (secondary N) is 1. The summed E-state index contributed by atoms with van der Waals surface area (Å²) in [5.41, 5.74) is 2.72. The maximum atomic E-state index is 13.3. The van der Waals surface area contributed by atoms with Crippen LogP contribution in [-0.2, 0) is 16.6 Å². The van der Waals surface area contributed by atoms with Crippen molar-refractivity contribution in [3.8, 4) is 11.3 Å². The van der Waals surface area contributed by atoms with E-state index in [0.29, 0.717) is 23.5 Å². The topological polar surface area (TPSA) is 51.1 Å². The smallest absolute Gasteiger partial charge is 0.268 e. The molecule has 0 aliphatic rings. The SMILES string of the molecule is CCNCc1cc(-c2ccc(F)cc2)n(S(=O)(=O)c2ccccc2)c1C.Cl. The second-order valence-corrected chi connectivity index (χ2v) is 7.80. The van der Waals surface area contributed by atoms with E-state index in [1.807, 2.05) is 13.0 Å². The molecule has 0 atom stereocenters. The van der Waals surface area contributed by atoms with Crippen molar-refractivity contribution in [1.82, 2.24) is 9.29 Å². The number of rotatable bonds is 6. The Morgan fingerprint density at radius 2 is 1.67 bits per heavy atom. The molecule has 0 amide bonds. The average Bonchev–Trinajstić information content (AvgIpc) is 2.98. The van der Waals surface area contributed by atoms with E-state index in [4.69, 9.17) is 0 Å². The maximum absolute atomic E-state index is 13.3. The molecule has 1 N–H and O–H groups in total. The lowest BCUT2D eigenvalue weighted by molar-refractivity contribution is 0.586. The van der Waals surface area contributed by atoms with Crippen molar-refractivity contribution in [2.24, 2.45) is 0 Å². The molecule has 144 valence electrons. The Labute approximate surface area is 165 Å². The van der Waals surface area contributed by atoms with E-state index in [-0.39, 0.29) is 23.1 Å². The summed E-state index contributed by atoms with van der Waals surface area (Å²) in [5, 5.41) is 3.23. The second-order valence-electron chi connectivity index (χ2n) is 6.01. The normalized spacial score (nSPS) is 11.2. The quantitative estimate of drug-likeness (QED) is 0.658. The van der Waals surface area contributed by atoms with Gasteiger partial charge in [0.25, 0.3) is 10.0 Å². The van der Waals surface area contributed by atoms with Crippen molar-refractivity contribution in [2.45, 2.75) is 25.3 Å². The number of aromatic nitrogens is 1. The van der Waals surface area contributed by atoms with Gasteiger partial charge >= 0.3 is 0 Å². The molecule has 0 fully saturated rings. The molecule has 4 nitrogen and oxygen atoms in total. The summed E-state index contributed by atoms with van der Waals surface area (Å²) in [6.07, 6.45) is 0. The van der Waals surface area contributed by atoms with Gasteiger partial charge in [-0.1, -0.05) is 25.1 Å². The van der Waals surface area contributed by atoms with Gasteiger partial charge in [0.1, 0.15) is 5.82 Å². The molecule has 0 aliphatic carbocycles. The van der Waals surface area contributed by atoms with Crippen molar-refractivity contribution < 1.29 is 12.8 Å². The summed E-state index contributed by atoms with van der Waals surface area (Å²) in [5.74, 6) is -0.359. The molecular weight excluding hydrogens is 387 g/mol. The van der Waals surface area contributed by atoms with Crippen LogP contribution in [0.2, 0.25) is 0 Å². The van der Waals surface area contributed by atoms with Gasteiger partial charge < -0.3 is 5.32 Å². The van der Waals surface area contributed by atoms with Gasteiger partial charge in [0, 0.05) is 12.2 Å². The zero-order valence-electron chi connectivity index (χ0n) is 15.1. The van der Waals surface area contributed by atoms with Gasteiger partial charge in [-0.2, -0.15) is 0 Å². The molecule has 0 radical (unpaired) electrons. The predicted molar refractivity (Wildman–Crippen MR) is 108 cm³/mol. The molecule has 0 bridgehead atoms. The van der Waals surface area contributed by atoms with Crippen LogP contribution in [0.1, 0.15) is 18.2 Å². The van der Waals surface area contributed by atoms with E-state index in [9.17, 15) is 12.8 Å². The molecular formula is C20H22ClFN2O2S. The van der Waals surface area contributed by atoms with Crippen LogP contribution in [0.15, 0.2) is 65.6 Å². The fourth-order valence-electron chi connectivity index (χ4n) is 2.91. The summed E-state index contributed by atoms with van der Waals surface area (Å²) in [7, 11) is -3.77. The Morgan fingerprint density at radius 1 is 1.04 bits per heavy atom. The molecule has 27 heavy (non-hydrogen) atoms. The van der Waals surface area contributed by atoms with Crippen molar-refractivity contribution in [3.05, 3.63) is 77.7 Å². The number of nitrogens with zero attached hydrogens (tertiary/aromatic N) is 1. The number of benzene rings is 2. The molecule has 0 saturated heterocycles. The van der Waals surface area contributed by atoms with Crippen LogP contribution < -0.4 is 5.32 Å². The van der Waals surface area contributed by atoms with Gasteiger partial charge in [0.05, 0.1) is 10.6 Å². The number of hydrogen-bond acceptors (Lipinski definition) is 3. The molecule has 0 spiro atoms. The molecule has 2 aromatic carbocycles. The molecule has 0 saturated carbocycles. The van der Waals surface area contributed by atoms with E-state index >= 15 is 0 Å². The standard InChI is InChI=1S/C20H21FN2O2S.ClH/c1-3-22-14-17-13-20(16-9-11-18(21)12-10-16)23(15(17)2)26(24,25)19-7-5-4-6-8-19;/h4-13,22H,3,14H2,1-2H3;1H. The lowest BCUT2D eigenvalue weighted by atomic mass is 10.1. The van der Waals surface area contributed by atoms with E-state index in [0.717, 1.165) is 12.1 Å². The van der Waals surface area contributed by atoms with Crippen LogP contribution in [0.25, 0.3) is 11.3 Å². The van der Waals surface area contributed by atoms with E-state index in [2.05, 4.69) is 5.32 Å². The molecule has 0 aliphatic heterocycles. The van der Waals surface area contributed by atoms with Gasteiger partial charge in [-0.15, -0.1) is 12.4 Å². The molecule has 0 unspecified atom stereocenters. The molecule has 3 rings (SSSR count). The highest BCUT2D eigenvalue weighted by molar-refractivity contribution is 7.90. The van der Waals surface area contributed by atoms with Gasteiger partial charge in [0.2, 0.25) is 0 Å². The first kappa shape index (κ1) is 21.2. The van der Waals surface area contributed by atoms with Gasteiger partial charge in [-0.3, -0.25) is 0 Å². The van der Waals surface area contributed by atoms with E-state index < -0.39 is 10.0 Å². The second kappa shape index (κ2) is 8.69. The summed E-state index contributed by atoms with van der Waals surface area (Å²) in [6, 6.07) is 16.0. The van der Waals surface area contributed by atoms with Crippen molar-refractivity contribution in [1.29, 1.82) is 0 Å². The Kier molecular flexibility index (Phi) is 6.81. The largest absolute Gasteiger partial charge is 0.313 e. The van der Waals surface area contributed by atoms with Gasteiger partial charge in [-0.05, 0) is 67.1 Å². The Hall–Kier alpha value is -2.15. The third kappa shape index (κ3) is 4.24. The zero-order valence-corrected chi connectivity index (χ0v) is 16.8. The van der Waals surface area contributed by atoms with Gasteiger partial charge in [0.15, 0.2) is 0 Å². The highest BCUT2D eigenvalue weighted by atomic mass is 35.5. The Bertz CT molecular complexity index is 1000. The van der Waals surface area contributed by atoms with Gasteiger partial charge in [-0.25, -0.2) is 16.8 Å². The highest BCUT2D eigenvalue weighted by Crippen LogP contribution is 2.30. The first-order valence-corrected chi connectivity index (χ1v) is 9.87.